The van der Waals surface area contributed by atoms with Crippen LogP contribution in [0, 0.1) is 0 Å². The molecule has 2 nitrogen and oxygen atoms in total. The molecule has 0 atom stereocenters. The first-order valence-corrected chi connectivity index (χ1v) is 0.993. The van der Waals surface area contributed by atoms with Gasteiger partial charge in [0.2, 0.25) is 5.91 Å². The summed E-state index contributed by atoms with van der Waals surface area (Å²) in [5.74, 6) is -0.333. The monoisotopic (exact) mass is 61.0 g/mol. The first kappa shape index (κ1) is 3.47. The van der Waals surface area contributed by atoms with Gasteiger partial charge in [-0.3, -0.25) is 4.79 Å². The molecule has 0 radical (unpaired) electrons. The van der Waals surface area contributed by atoms with Gasteiger partial charge in [-0.25, -0.2) is 0 Å². The minimum Gasteiger partial charge on any atom is -0.370 e. The van der Waals surface area contributed by atoms with Gasteiger partial charge < -0.3 is 5.73 Å². The number of amides is 1. The van der Waals surface area contributed by atoms with Crippen molar-refractivity contribution < 1.29 is 4.79 Å². The molecule has 0 bridgehead atoms. The van der Waals surface area contributed by atoms with Crippen molar-refractivity contribution in [1.82, 2.24) is 0 Å². The maximum absolute atomic E-state index is 9.22. The van der Waals surface area contributed by atoms with Crippen LogP contribution in [0.1, 0.15) is 6.92 Å². The molecule has 0 aromatic carbocycles. The SMILES string of the molecule is [13CH3]C([15NH2])=O. The molecule has 0 aliphatic carbocycles. The van der Waals surface area contributed by atoms with Gasteiger partial charge in [-0.1, -0.05) is 0 Å². The molecule has 4 heavy (non-hydrogen) atoms. The highest BCUT2D eigenvalue weighted by Crippen LogP contribution is 1.33. The van der Waals surface area contributed by atoms with Crippen molar-refractivity contribution in [3.8, 4) is 0 Å². The highest BCUT2D eigenvalue weighted by Gasteiger charge is 1.61. The highest BCUT2D eigenvalue weighted by atomic mass is 16.2. The third-order valence-electron chi connectivity index (χ3n) is 0. The number of hydrogen-bond donors (Lipinski definition) is 1. The lowest BCUT2D eigenvalue weighted by molar-refractivity contribution is -0.115. The van der Waals surface area contributed by atoms with Crippen molar-refractivity contribution in [2.45, 2.75) is 6.92 Å². The molecule has 0 heterocycles. The first-order chi connectivity index (χ1) is 1.73. The van der Waals surface area contributed by atoms with Crippen LogP contribution in [0.5, 0.6) is 0 Å². The summed E-state index contributed by atoms with van der Waals surface area (Å²) < 4.78 is 0. The quantitative estimate of drug-likeness (QED) is 0.297. The van der Waals surface area contributed by atoms with Crippen LogP contribution in [0.3, 0.4) is 0 Å². The number of carbonyl (C=O) groups excluding carboxylic acids is 1. The fourth-order valence-electron chi connectivity index (χ4n) is 0. The summed E-state index contributed by atoms with van der Waals surface area (Å²) >= 11 is 0. The van der Waals surface area contributed by atoms with E-state index in [0.29, 0.717) is 0 Å². The molecule has 2 N–H and O–H groups in total. The normalized spacial score (nSPS) is 6.25. The van der Waals surface area contributed by atoms with E-state index in [0.717, 1.165) is 0 Å². The Hall–Kier alpha value is -0.530. The van der Waals surface area contributed by atoms with E-state index in [2.05, 4.69) is 5.73 Å². The number of carbonyl (C=O) groups is 1. The third-order valence-corrected chi connectivity index (χ3v) is 0. The van der Waals surface area contributed by atoms with Gasteiger partial charge in [0.1, 0.15) is 0 Å². The Labute approximate surface area is 24.6 Å². The van der Waals surface area contributed by atoms with Crippen LogP contribution in [0.2, 0.25) is 0 Å². The molecule has 0 fully saturated rings. The van der Waals surface area contributed by atoms with Crippen molar-refractivity contribution in [2.75, 3.05) is 0 Å². The molecule has 0 unspecified atom stereocenters. The lowest BCUT2D eigenvalue weighted by atomic mass is 11.1. The van der Waals surface area contributed by atoms with Crippen molar-refractivity contribution in [1.29, 1.82) is 0 Å². The van der Waals surface area contributed by atoms with Crippen LogP contribution in [0.25, 0.3) is 0 Å². The third kappa shape index (κ3) is 1.16. The van der Waals surface area contributed by atoms with Crippen LogP contribution in [-0.4, -0.2) is 5.91 Å². The molecule has 2 heteroatoms. The van der Waals surface area contributed by atoms with E-state index >= 15 is 0 Å². The Kier molecular flexibility index (Phi) is 0.759. The van der Waals surface area contributed by atoms with Crippen LogP contribution in [-0.2, 0) is 4.79 Å². The van der Waals surface area contributed by atoms with E-state index < -0.39 is 0 Å². The molecule has 0 aliphatic rings. The molecular weight excluding hydrogens is 56.0 g/mol. The maximum Gasteiger partial charge on any atom is 0.214 e. The molecule has 0 rings (SSSR count). The smallest absolute Gasteiger partial charge is 0.214 e. The van der Waals surface area contributed by atoms with Crippen LogP contribution < -0.4 is 5.73 Å². The van der Waals surface area contributed by atoms with Gasteiger partial charge >= 0.3 is 0 Å². The fourth-order valence-corrected chi connectivity index (χ4v) is 0. The molecule has 0 aromatic rings. The van der Waals surface area contributed by atoms with E-state index in [1.165, 1.54) is 6.92 Å². The molecule has 0 saturated heterocycles. The second-order valence-electron chi connectivity index (χ2n) is 0.611. The molecule has 0 aromatic heterocycles. The first-order valence-electron chi connectivity index (χ1n) is 0.993. The molecule has 0 spiro atoms. The zero-order chi connectivity index (χ0) is 3.58. The van der Waals surface area contributed by atoms with Crippen LogP contribution in [0.15, 0.2) is 0 Å². The minimum atomic E-state index is -0.333. The second kappa shape index (κ2) is 0.875. The Morgan fingerprint density at radius 2 is 2.00 bits per heavy atom. The van der Waals surface area contributed by atoms with Gasteiger partial charge in [0.25, 0.3) is 0 Å². The summed E-state index contributed by atoms with van der Waals surface area (Å²) in [5.41, 5.74) is 4.47. The van der Waals surface area contributed by atoms with Crippen LogP contribution in [0.4, 0.5) is 0 Å². The Morgan fingerprint density at radius 3 is 2.00 bits per heavy atom. The van der Waals surface area contributed by atoms with E-state index in [-0.39, 0.29) is 5.91 Å². The average Bonchev–Trinajstić information content (AvgIpc) is 0.811. The van der Waals surface area contributed by atoms with Gasteiger partial charge in [-0.15, -0.1) is 0 Å². The minimum absolute atomic E-state index is 0.333. The van der Waals surface area contributed by atoms with Crippen molar-refractivity contribution in [3.05, 3.63) is 0 Å². The fraction of sp³-hybridized carbons (Fsp3) is 0.500. The molecular formula is C2H5NO. The summed E-state index contributed by atoms with van der Waals surface area (Å²) in [4.78, 5) is 9.22. The van der Waals surface area contributed by atoms with Gasteiger partial charge in [0.05, 0.1) is 0 Å². The number of nitrogens with two attached hydrogens (primary N) is 1. The zero-order valence-corrected chi connectivity index (χ0v) is 2.49. The molecule has 1 amide bonds. The predicted molar refractivity (Wildman–Crippen MR) is 14.9 cm³/mol. The van der Waals surface area contributed by atoms with E-state index in [1.54, 1.807) is 0 Å². The average molecular weight is 61.1 g/mol. The molecule has 24 valence electrons. The van der Waals surface area contributed by atoms with Crippen molar-refractivity contribution >= 4 is 5.91 Å². The highest BCUT2D eigenvalue weighted by molar-refractivity contribution is 5.70. The van der Waals surface area contributed by atoms with Gasteiger partial charge in [0.15, 0.2) is 0 Å². The lowest BCUT2D eigenvalue weighted by Gasteiger charge is -1.60. The van der Waals surface area contributed by atoms with E-state index in [4.69, 9.17) is 0 Å². The Balaban J connectivity index is 2.80. The summed E-state index contributed by atoms with van der Waals surface area (Å²) in [6, 6.07) is 0. The van der Waals surface area contributed by atoms with Gasteiger partial charge in [-0.05, 0) is 0 Å². The second-order valence-corrected chi connectivity index (χ2v) is 0.611. The lowest BCUT2D eigenvalue weighted by Crippen LogP contribution is -2.01. The molecule has 0 aliphatic heterocycles. The largest absolute Gasteiger partial charge is 0.370 e. The number of rotatable bonds is 0. The van der Waals surface area contributed by atoms with Gasteiger partial charge in [0, 0.05) is 6.92 Å². The van der Waals surface area contributed by atoms with Crippen molar-refractivity contribution in [3.63, 3.8) is 0 Å². The number of hydrogen-bond acceptors (Lipinski definition) is 1. The topological polar surface area (TPSA) is 43.1 Å². The van der Waals surface area contributed by atoms with Gasteiger partial charge in [-0.2, -0.15) is 0 Å². The number of primary amides is 1. The van der Waals surface area contributed by atoms with E-state index in [1.807, 2.05) is 0 Å². The summed E-state index contributed by atoms with van der Waals surface area (Å²) in [6.07, 6.45) is 0. The van der Waals surface area contributed by atoms with E-state index in [9.17, 15) is 4.79 Å². The Bertz CT molecular complexity index is 29.0. The van der Waals surface area contributed by atoms with Crippen molar-refractivity contribution in [2.24, 2.45) is 5.73 Å². The standard InChI is InChI=1S/C2H5NO/c1-2(3)4/h1H3,(H2,3,4)/i1+1,3+1. The summed E-state index contributed by atoms with van der Waals surface area (Å²) in [6.45, 7) is 1.31. The molecule has 0 saturated carbocycles. The summed E-state index contributed by atoms with van der Waals surface area (Å²) in [7, 11) is 0. The zero-order valence-electron chi connectivity index (χ0n) is 2.49. The maximum atomic E-state index is 9.22. The predicted octanol–water partition coefficient (Wildman–Crippen LogP) is -0.508. The summed E-state index contributed by atoms with van der Waals surface area (Å²) in [5, 5.41) is 0. The van der Waals surface area contributed by atoms with Crippen LogP contribution >= 0.6 is 0 Å². The Morgan fingerprint density at radius 1 is 2.00 bits per heavy atom.